The van der Waals surface area contributed by atoms with Crippen molar-refractivity contribution in [1.82, 2.24) is 5.32 Å². The van der Waals surface area contributed by atoms with Gasteiger partial charge in [-0.2, -0.15) is 0 Å². The molecule has 0 heterocycles. The van der Waals surface area contributed by atoms with E-state index in [9.17, 15) is 19.5 Å². The van der Waals surface area contributed by atoms with Crippen LogP contribution in [0.15, 0.2) is 42.5 Å². The second-order valence-electron chi connectivity index (χ2n) is 11.0. The monoisotopic (exact) mass is 661 g/mol. The summed E-state index contributed by atoms with van der Waals surface area (Å²) >= 11 is 0. The molecule has 0 amide bonds. The Bertz CT molecular complexity index is 1050. The van der Waals surface area contributed by atoms with Crippen LogP contribution in [0, 0.1) is 5.92 Å². The average molecular weight is 662 g/mol. The quantitative estimate of drug-likeness (QED) is 0.0937. The van der Waals surface area contributed by atoms with Crippen molar-refractivity contribution in [3.05, 3.63) is 53.6 Å². The van der Waals surface area contributed by atoms with E-state index in [1.807, 2.05) is 37.4 Å². The summed E-state index contributed by atoms with van der Waals surface area (Å²) < 4.78 is 14.4. The SMILES string of the molecule is CC(C)C(=O)C=O.CCCCCC.CCCCCNC.COC=O.COc1cc(CCCc2cccc(OCC(C)=O)c2)ccc1O. The van der Waals surface area contributed by atoms with E-state index < -0.39 is 0 Å². The van der Waals surface area contributed by atoms with Crippen molar-refractivity contribution in [1.29, 1.82) is 0 Å². The highest BCUT2D eigenvalue weighted by Gasteiger charge is 2.04. The summed E-state index contributed by atoms with van der Waals surface area (Å²) in [5, 5.41) is 12.7. The maximum absolute atomic E-state index is 11.0. The van der Waals surface area contributed by atoms with Gasteiger partial charge in [0.2, 0.25) is 0 Å². The van der Waals surface area contributed by atoms with Gasteiger partial charge in [-0.1, -0.05) is 91.3 Å². The summed E-state index contributed by atoms with van der Waals surface area (Å²) in [4.78, 5) is 39.6. The fourth-order valence-corrected chi connectivity index (χ4v) is 3.54. The lowest BCUT2D eigenvalue weighted by atomic mass is 10.0. The molecule has 0 spiro atoms. The summed E-state index contributed by atoms with van der Waals surface area (Å²) in [6, 6.07) is 13.3. The van der Waals surface area contributed by atoms with Gasteiger partial charge in [0.15, 0.2) is 29.4 Å². The average Bonchev–Trinajstić information content (AvgIpc) is 3.08. The van der Waals surface area contributed by atoms with Crippen LogP contribution in [0.3, 0.4) is 0 Å². The zero-order valence-corrected chi connectivity index (χ0v) is 30.6. The van der Waals surface area contributed by atoms with Crippen LogP contribution in [0.4, 0.5) is 0 Å². The van der Waals surface area contributed by atoms with Gasteiger partial charge in [0, 0.05) is 5.92 Å². The number of aryl methyl sites for hydroxylation is 2. The van der Waals surface area contributed by atoms with Gasteiger partial charge >= 0.3 is 0 Å². The maximum atomic E-state index is 11.0. The van der Waals surface area contributed by atoms with Gasteiger partial charge in [-0.3, -0.25) is 19.2 Å². The van der Waals surface area contributed by atoms with Crippen LogP contribution < -0.4 is 14.8 Å². The second-order valence-corrected chi connectivity index (χ2v) is 11.0. The number of ether oxygens (including phenoxy) is 3. The Morgan fingerprint density at radius 2 is 1.40 bits per heavy atom. The van der Waals surface area contributed by atoms with Crippen LogP contribution in [0.1, 0.15) is 104 Å². The minimum absolute atomic E-state index is 0.0108. The number of benzene rings is 2. The molecule has 0 bridgehead atoms. The minimum atomic E-state index is -0.333. The molecule has 0 aliphatic carbocycles. The summed E-state index contributed by atoms with van der Waals surface area (Å²) in [7, 11) is 4.86. The molecule has 0 atom stereocenters. The summed E-state index contributed by atoms with van der Waals surface area (Å²) in [6.07, 6.45) is 12.7. The highest BCUT2D eigenvalue weighted by Crippen LogP contribution is 2.27. The Hall–Kier alpha value is -3.72. The Balaban J connectivity index is -0.000000656. The standard InChI is InChI=1S/C19H22O4.C6H15N.C6H14.C5H8O2.C2H4O2/c1-14(20)13-23-17-8-4-7-15(11-17)5-3-6-16-9-10-18(21)19(12-16)22-2;1-3-4-5-6-7-2;1-3-5-6-4-2;1-4(2)5(7)3-6;1-4-2-3/h4,7-12,21H,3,5-6,13H2,1-2H3;7H,3-6H2,1-2H3;3-6H2,1-2H3;3-4H,1-2H3;2H,1H3. The zero-order chi connectivity index (χ0) is 36.3. The number of ketones is 2. The minimum Gasteiger partial charge on any atom is -0.504 e. The number of methoxy groups -OCH3 is 2. The van der Waals surface area contributed by atoms with Crippen LogP contribution in [0.2, 0.25) is 0 Å². The van der Waals surface area contributed by atoms with Crippen molar-refractivity contribution in [3.63, 3.8) is 0 Å². The van der Waals surface area contributed by atoms with Crippen molar-refractivity contribution in [2.24, 2.45) is 5.92 Å². The van der Waals surface area contributed by atoms with Gasteiger partial charge < -0.3 is 24.6 Å². The van der Waals surface area contributed by atoms with Gasteiger partial charge in [0.05, 0.1) is 14.2 Å². The summed E-state index contributed by atoms with van der Waals surface area (Å²) in [5.74, 6) is 0.923. The number of phenols is 1. The fourth-order valence-electron chi connectivity index (χ4n) is 3.54. The Morgan fingerprint density at radius 3 is 1.83 bits per heavy atom. The molecular formula is C38H63NO8. The second kappa shape index (κ2) is 35.1. The highest BCUT2D eigenvalue weighted by atomic mass is 16.5. The molecule has 0 saturated carbocycles. The first kappa shape index (κ1) is 47.7. The molecule has 47 heavy (non-hydrogen) atoms. The number of nitrogens with one attached hydrogen (secondary N) is 1. The predicted molar refractivity (Wildman–Crippen MR) is 192 cm³/mol. The number of phenolic OH excluding ortho intramolecular Hbond substituents is 1. The number of carbonyl (C=O) groups is 4. The molecule has 0 aliphatic heterocycles. The predicted octanol–water partition coefficient (Wildman–Crippen LogP) is 7.73. The molecule has 0 fully saturated rings. The van der Waals surface area contributed by atoms with E-state index in [2.05, 4.69) is 36.9 Å². The number of aldehydes is 1. The van der Waals surface area contributed by atoms with Crippen LogP contribution in [0.25, 0.3) is 0 Å². The Kier molecular flexibility index (Phi) is 35.7. The smallest absolute Gasteiger partial charge is 0.292 e. The van der Waals surface area contributed by atoms with Gasteiger partial charge in [0.1, 0.15) is 12.4 Å². The van der Waals surface area contributed by atoms with Crippen molar-refractivity contribution < 1.29 is 38.5 Å². The molecule has 0 saturated heterocycles. The highest BCUT2D eigenvalue weighted by molar-refractivity contribution is 6.25. The third-order valence-electron chi connectivity index (χ3n) is 6.28. The summed E-state index contributed by atoms with van der Waals surface area (Å²) in [6.45, 7) is 13.2. The van der Waals surface area contributed by atoms with E-state index in [1.54, 1.807) is 27.0 Å². The van der Waals surface area contributed by atoms with Crippen LogP contribution in [0.5, 0.6) is 17.2 Å². The molecular weight excluding hydrogens is 598 g/mol. The van der Waals surface area contributed by atoms with E-state index in [1.165, 1.54) is 71.1 Å². The number of aromatic hydroxyl groups is 1. The van der Waals surface area contributed by atoms with Gasteiger partial charge in [-0.05, 0) is 81.6 Å². The maximum Gasteiger partial charge on any atom is 0.292 e. The van der Waals surface area contributed by atoms with Crippen molar-refractivity contribution in [2.45, 2.75) is 106 Å². The zero-order valence-electron chi connectivity index (χ0n) is 30.6. The van der Waals surface area contributed by atoms with Crippen LogP contribution in [-0.2, 0) is 36.8 Å². The first-order valence-electron chi connectivity index (χ1n) is 16.7. The third-order valence-corrected chi connectivity index (χ3v) is 6.28. The van der Waals surface area contributed by atoms with E-state index in [4.69, 9.17) is 14.3 Å². The molecule has 0 aliphatic rings. The molecule has 2 aromatic carbocycles. The summed E-state index contributed by atoms with van der Waals surface area (Å²) in [5.41, 5.74) is 2.31. The molecule has 0 radical (unpaired) electrons. The Morgan fingerprint density at radius 1 is 0.851 bits per heavy atom. The molecule has 2 rings (SSSR count). The van der Waals surface area contributed by atoms with Crippen molar-refractivity contribution >= 4 is 24.3 Å². The van der Waals surface area contributed by atoms with Gasteiger partial charge in [-0.15, -0.1) is 0 Å². The molecule has 268 valence electrons. The first-order chi connectivity index (χ1) is 22.5. The van der Waals surface area contributed by atoms with E-state index in [0.717, 1.165) is 30.6 Å². The number of carbonyl (C=O) groups excluding carboxylic acids is 4. The van der Waals surface area contributed by atoms with E-state index in [-0.39, 0.29) is 29.8 Å². The van der Waals surface area contributed by atoms with Gasteiger partial charge in [-0.25, -0.2) is 0 Å². The largest absolute Gasteiger partial charge is 0.504 e. The molecule has 2 aromatic rings. The number of hydrogen-bond acceptors (Lipinski definition) is 9. The molecule has 0 unspecified atom stereocenters. The number of Topliss-reactive ketones (excluding diaryl/α,β-unsaturated/α-hetero) is 2. The molecule has 9 heteroatoms. The lowest BCUT2D eigenvalue weighted by Gasteiger charge is -2.08. The topological polar surface area (TPSA) is 128 Å². The number of unbranched alkanes of at least 4 members (excludes halogenated alkanes) is 5. The fraction of sp³-hybridized carbons (Fsp3) is 0.579. The van der Waals surface area contributed by atoms with Gasteiger partial charge in [0.25, 0.3) is 6.47 Å². The number of rotatable bonds is 18. The molecule has 0 aromatic heterocycles. The van der Waals surface area contributed by atoms with Crippen LogP contribution in [-0.4, -0.2) is 63.9 Å². The third kappa shape index (κ3) is 32.0. The van der Waals surface area contributed by atoms with E-state index >= 15 is 0 Å². The van der Waals surface area contributed by atoms with Crippen molar-refractivity contribution in [2.75, 3.05) is 34.4 Å². The lowest BCUT2D eigenvalue weighted by Crippen LogP contribution is -2.06. The van der Waals surface area contributed by atoms with Crippen molar-refractivity contribution in [3.8, 4) is 17.2 Å². The first-order valence-corrected chi connectivity index (χ1v) is 16.7. The number of hydrogen-bond donors (Lipinski definition) is 2. The molecule has 2 N–H and O–H groups in total. The lowest BCUT2D eigenvalue weighted by molar-refractivity contribution is -0.131. The van der Waals surface area contributed by atoms with E-state index in [0.29, 0.717) is 18.5 Å². The molecule has 9 nitrogen and oxygen atoms in total. The van der Waals surface area contributed by atoms with Crippen LogP contribution >= 0.6 is 0 Å². The normalized spacial score (nSPS) is 9.40. The Labute approximate surface area is 284 Å².